The normalized spacial score (nSPS) is 20.2. The van der Waals surface area contributed by atoms with E-state index in [4.69, 9.17) is 4.42 Å². The topological polar surface area (TPSA) is 75.8 Å². The monoisotopic (exact) mass is 419 g/mol. The summed E-state index contributed by atoms with van der Waals surface area (Å²) in [5.74, 6) is -0.0192. The van der Waals surface area contributed by atoms with Gasteiger partial charge in [-0.15, -0.1) is 0 Å². The first-order valence-electron chi connectivity index (χ1n) is 10.6. The molecule has 31 heavy (non-hydrogen) atoms. The molecule has 5 rings (SSSR count). The molecule has 2 bridgehead atoms. The molecule has 0 radical (unpaired) electrons. The molecule has 7 nitrogen and oxygen atoms in total. The van der Waals surface area contributed by atoms with Gasteiger partial charge in [0.1, 0.15) is 11.1 Å². The number of carbonyl (C=O) groups excluding carboxylic acids is 1. The van der Waals surface area contributed by atoms with E-state index in [-0.39, 0.29) is 28.9 Å². The van der Waals surface area contributed by atoms with Gasteiger partial charge < -0.3 is 18.8 Å². The number of likely N-dealkylation sites (tertiary alicyclic amines) is 1. The number of hydrogen-bond acceptors (Lipinski definition) is 5. The van der Waals surface area contributed by atoms with Gasteiger partial charge in [-0.25, -0.2) is 4.79 Å². The summed E-state index contributed by atoms with van der Waals surface area (Å²) in [4.78, 5) is 42.4. The van der Waals surface area contributed by atoms with Crippen molar-refractivity contribution in [2.24, 2.45) is 5.92 Å². The average molecular weight is 419 g/mol. The van der Waals surface area contributed by atoms with Crippen LogP contribution in [0.5, 0.6) is 0 Å². The van der Waals surface area contributed by atoms with Gasteiger partial charge in [0.05, 0.1) is 0 Å². The average Bonchev–Trinajstić information content (AvgIpc) is 2.74. The van der Waals surface area contributed by atoms with Crippen LogP contribution in [0.2, 0.25) is 0 Å². The Balaban J connectivity index is 1.45. The highest BCUT2D eigenvalue weighted by atomic mass is 16.4. The molecule has 2 aliphatic rings. The Bertz CT molecular complexity index is 1290. The summed E-state index contributed by atoms with van der Waals surface area (Å²) in [7, 11) is 3.90. The van der Waals surface area contributed by atoms with Crippen LogP contribution in [-0.2, 0) is 13.1 Å². The third-order valence-electron chi connectivity index (χ3n) is 6.33. The van der Waals surface area contributed by atoms with E-state index < -0.39 is 5.63 Å². The highest BCUT2D eigenvalue weighted by molar-refractivity contribution is 5.96. The molecule has 160 valence electrons. The number of benzene rings is 1. The summed E-state index contributed by atoms with van der Waals surface area (Å²) in [6.45, 7) is 2.23. The Morgan fingerprint density at radius 1 is 1.10 bits per heavy atom. The lowest BCUT2D eigenvalue weighted by atomic mass is 9.82. The van der Waals surface area contributed by atoms with Crippen LogP contribution in [0.15, 0.2) is 56.5 Å². The molecule has 0 saturated carbocycles. The minimum absolute atomic E-state index is 0.0656. The molecule has 2 aliphatic heterocycles. The van der Waals surface area contributed by atoms with E-state index in [2.05, 4.69) is 0 Å². The maximum Gasteiger partial charge on any atom is 0.349 e. The van der Waals surface area contributed by atoms with Gasteiger partial charge in [0.2, 0.25) is 0 Å². The zero-order valence-electron chi connectivity index (χ0n) is 17.7. The Morgan fingerprint density at radius 3 is 2.71 bits per heavy atom. The summed E-state index contributed by atoms with van der Waals surface area (Å²) >= 11 is 0. The zero-order valence-corrected chi connectivity index (χ0v) is 17.7. The van der Waals surface area contributed by atoms with Crippen LogP contribution in [0.25, 0.3) is 11.0 Å². The molecule has 0 N–H and O–H groups in total. The van der Waals surface area contributed by atoms with E-state index in [1.807, 2.05) is 47.8 Å². The van der Waals surface area contributed by atoms with Crippen molar-refractivity contribution >= 4 is 16.9 Å². The molecule has 0 spiro atoms. The third-order valence-corrected chi connectivity index (χ3v) is 6.33. The third kappa shape index (κ3) is 3.49. The van der Waals surface area contributed by atoms with E-state index in [1.165, 1.54) is 0 Å². The van der Waals surface area contributed by atoms with Gasteiger partial charge in [-0.1, -0.05) is 24.3 Å². The molecule has 1 amide bonds. The molecule has 4 heterocycles. The van der Waals surface area contributed by atoms with Crippen LogP contribution < -0.4 is 11.2 Å². The SMILES string of the molecule is CN(C)Cc1ccc2n(c1=O)C[C@H]1C[C@@H]2CN(C(=O)c2cc3ccccc3oc2=O)C1. The van der Waals surface area contributed by atoms with E-state index >= 15 is 0 Å². The van der Waals surface area contributed by atoms with Gasteiger partial charge in [-0.05, 0) is 44.6 Å². The maximum atomic E-state index is 13.2. The van der Waals surface area contributed by atoms with Gasteiger partial charge in [-0.3, -0.25) is 9.59 Å². The summed E-state index contributed by atoms with van der Waals surface area (Å²) in [5, 5.41) is 0.730. The van der Waals surface area contributed by atoms with Crippen LogP contribution in [0.4, 0.5) is 0 Å². The highest BCUT2D eigenvalue weighted by Crippen LogP contribution is 2.35. The first-order chi connectivity index (χ1) is 14.9. The maximum absolute atomic E-state index is 13.2. The summed E-state index contributed by atoms with van der Waals surface area (Å²) in [6.07, 6.45) is 0.947. The quantitative estimate of drug-likeness (QED) is 0.609. The lowest BCUT2D eigenvalue weighted by Crippen LogP contribution is -2.50. The van der Waals surface area contributed by atoms with Gasteiger partial charge >= 0.3 is 5.63 Å². The molecular formula is C24H25N3O4. The Hall–Kier alpha value is -3.19. The Kier molecular flexibility index (Phi) is 4.78. The fourth-order valence-corrected chi connectivity index (χ4v) is 5.00. The lowest BCUT2D eigenvalue weighted by molar-refractivity contribution is 0.0590. The number of para-hydroxylation sites is 1. The van der Waals surface area contributed by atoms with Crippen molar-refractivity contribution in [2.75, 3.05) is 27.2 Å². The number of pyridine rings is 1. The number of hydrogen-bond donors (Lipinski definition) is 0. The minimum Gasteiger partial charge on any atom is -0.422 e. The van der Waals surface area contributed by atoms with Gasteiger partial charge in [0.15, 0.2) is 0 Å². The standard InChI is InChI=1S/C24H25N3O4/c1-25(2)13-17-7-8-20-18-9-15(12-27(20)22(17)28)11-26(14-18)23(29)19-10-16-5-3-4-6-21(16)31-24(19)30/h3-8,10,15,18H,9,11-14H2,1-2H3/t15-,18+/m0/s1. The molecule has 1 aromatic carbocycles. The van der Waals surface area contributed by atoms with Crippen molar-refractivity contribution in [3.63, 3.8) is 0 Å². The van der Waals surface area contributed by atoms with Crippen LogP contribution in [-0.4, -0.2) is 47.5 Å². The van der Waals surface area contributed by atoms with Crippen molar-refractivity contribution in [1.29, 1.82) is 0 Å². The number of rotatable bonds is 3. The molecule has 1 fully saturated rings. The van der Waals surface area contributed by atoms with Crippen LogP contribution in [0.3, 0.4) is 0 Å². The summed E-state index contributed by atoms with van der Waals surface area (Å²) in [6, 6.07) is 12.7. The predicted octanol–water partition coefficient (Wildman–Crippen LogP) is 2.28. The van der Waals surface area contributed by atoms with E-state index in [0.29, 0.717) is 31.8 Å². The fourth-order valence-electron chi connectivity index (χ4n) is 5.00. The second kappa shape index (κ2) is 7.50. The van der Waals surface area contributed by atoms with Gasteiger partial charge in [0, 0.05) is 48.7 Å². The number of fused-ring (bicyclic) bond motifs is 5. The summed E-state index contributed by atoms with van der Waals surface area (Å²) in [5.41, 5.74) is 1.77. The van der Waals surface area contributed by atoms with Crippen molar-refractivity contribution in [2.45, 2.75) is 25.4 Å². The van der Waals surface area contributed by atoms with Gasteiger partial charge in [0.25, 0.3) is 11.5 Å². The highest BCUT2D eigenvalue weighted by Gasteiger charge is 2.37. The van der Waals surface area contributed by atoms with E-state index in [1.54, 1.807) is 23.1 Å². The molecule has 7 heteroatoms. The number of carbonyl (C=O) groups is 1. The first-order valence-corrected chi connectivity index (χ1v) is 10.6. The molecule has 3 aromatic rings. The second-order valence-corrected chi connectivity index (χ2v) is 8.93. The smallest absolute Gasteiger partial charge is 0.349 e. The molecule has 2 atom stereocenters. The first kappa shape index (κ1) is 19.8. The van der Waals surface area contributed by atoms with Crippen LogP contribution in [0.1, 0.15) is 34.0 Å². The minimum atomic E-state index is -0.607. The zero-order chi connectivity index (χ0) is 21.7. The second-order valence-electron chi connectivity index (χ2n) is 8.93. The van der Waals surface area contributed by atoms with Crippen molar-refractivity contribution in [3.05, 3.63) is 80.1 Å². The fraction of sp³-hybridized carbons (Fsp3) is 0.375. The predicted molar refractivity (Wildman–Crippen MR) is 117 cm³/mol. The van der Waals surface area contributed by atoms with Crippen molar-refractivity contribution in [1.82, 2.24) is 14.4 Å². The van der Waals surface area contributed by atoms with Crippen molar-refractivity contribution < 1.29 is 9.21 Å². The lowest BCUT2D eigenvalue weighted by Gasteiger charge is -2.42. The number of nitrogens with zero attached hydrogens (tertiary/aromatic N) is 3. The Labute approximate surface area is 179 Å². The molecule has 2 aromatic heterocycles. The van der Waals surface area contributed by atoms with Crippen LogP contribution >= 0.6 is 0 Å². The summed E-state index contributed by atoms with van der Waals surface area (Å²) < 4.78 is 7.26. The molecular weight excluding hydrogens is 394 g/mol. The van der Waals surface area contributed by atoms with Crippen LogP contribution in [0, 0.1) is 5.92 Å². The number of amides is 1. The number of piperidine rings is 1. The molecule has 0 unspecified atom stereocenters. The molecule has 0 aliphatic carbocycles. The van der Waals surface area contributed by atoms with Crippen molar-refractivity contribution in [3.8, 4) is 0 Å². The largest absolute Gasteiger partial charge is 0.422 e. The van der Waals surface area contributed by atoms with E-state index in [0.717, 1.165) is 23.1 Å². The molecule has 1 saturated heterocycles. The van der Waals surface area contributed by atoms with E-state index in [9.17, 15) is 14.4 Å². The van der Waals surface area contributed by atoms with Gasteiger partial charge in [-0.2, -0.15) is 0 Å². The Morgan fingerprint density at radius 2 is 1.90 bits per heavy atom. The number of aromatic nitrogens is 1.